The molecule has 1 heterocycles. The van der Waals surface area contributed by atoms with Crippen LogP contribution in [0.4, 0.5) is 0 Å². The first-order valence-electron chi connectivity index (χ1n) is 7.27. The minimum absolute atomic E-state index is 0.360. The van der Waals surface area contributed by atoms with Gasteiger partial charge < -0.3 is 4.98 Å². The Kier molecular flexibility index (Phi) is 2.14. The molecule has 0 aliphatic rings. The van der Waals surface area contributed by atoms with Crippen molar-refractivity contribution in [1.29, 1.82) is 5.26 Å². The lowest BCUT2D eigenvalue weighted by Crippen LogP contribution is -2.10. The van der Waals surface area contributed by atoms with Gasteiger partial charge in [0.1, 0.15) is 0 Å². The molecule has 5 rings (SSSR count). The van der Waals surface area contributed by atoms with Gasteiger partial charge in [0.25, 0.3) is 0 Å². The predicted molar refractivity (Wildman–Crippen MR) is 90.8 cm³/mol. The first kappa shape index (κ1) is 12.1. The van der Waals surface area contributed by atoms with Crippen molar-refractivity contribution in [2.45, 2.75) is 0 Å². The molecular formula is C19H9N3O. The highest BCUT2D eigenvalue weighted by Gasteiger charge is 2.15. The van der Waals surface area contributed by atoms with Gasteiger partial charge in [-0.3, -0.25) is 0 Å². The molecule has 4 nitrogen and oxygen atoms in total. The van der Waals surface area contributed by atoms with Gasteiger partial charge in [-0.15, -0.1) is 0 Å². The van der Waals surface area contributed by atoms with E-state index in [0.29, 0.717) is 11.1 Å². The fraction of sp³-hybridized carbons (Fsp3) is 0. The van der Waals surface area contributed by atoms with Crippen LogP contribution in [0.15, 0.2) is 53.3 Å². The molecule has 106 valence electrons. The minimum Gasteiger partial charge on any atom is -0.305 e. The van der Waals surface area contributed by atoms with E-state index in [1.165, 1.54) is 0 Å². The molecule has 0 fully saturated rings. The van der Waals surface area contributed by atoms with Gasteiger partial charge in [-0.25, -0.2) is 4.79 Å². The highest BCUT2D eigenvalue weighted by Crippen LogP contribution is 2.38. The average Bonchev–Trinajstić information content (AvgIpc) is 2.58. The van der Waals surface area contributed by atoms with E-state index < -0.39 is 0 Å². The molecule has 4 aromatic carbocycles. The largest absolute Gasteiger partial charge is 0.345 e. The van der Waals surface area contributed by atoms with E-state index in [-0.39, 0.29) is 5.69 Å². The van der Waals surface area contributed by atoms with Crippen LogP contribution in [0, 0.1) is 11.3 Å². The Bertz CT molecular complexity index is 1340. The summed E-state index contributed by atoms with van der Waals surface area (Å²) in [5.41, 5.74) is 1.74. The normalized spacial score (nSPS) is 11.6. The minimum atomic E-state index is -0.360. The van der Waals surface area contributed by atoms with Crippen LogP contribution < -0.4 is 5.69 Å². The summed E-state index contributed by atoms with van der Waals surface area (Å²) in [6.45, 7) is 0. The van der Waals surface area contributed by atoms with E-state index in [1.54, 1.807) is 0 Å². The van der Waals surface area contributed by atoms with Gasteiger partial charge in [0.15, 0.2) is 0 Å². The second kappa shape index (κ2) is 4.05. The summed E-state index contributed by atoms with van der Waals surface area (Å²) in [6, 6.07) is 17.7. The molecule has 0 aliphatic heterocycles. The van der Waals surface area contributed by atoms with E-state index in [2.05, 4.69) is 16.0 Å². The number of nitriles is 1. The second-order valence-corrected chi connectivity index (χ2v) is 5.62. The van der Waals surface area contributed by atoms with E-state index in [1.807, 2.05) is 48.5 Å². The molecule has 0 amide bonds. The third-order valence-electron chi connectivity index (χ3n) is 4.46. The van der Waals surface area contributed by atoms with Gasteiger partial charge in [-0.2, -0.15) is 10.2 Å². The Morgan fingerprint density at radius 1 is 0.870 bits per heavy atom. The molecule has 0 aliphatic carbocycles. The smallest absolute Gasteiger partial charge is 0.305 e. The van der Waals surface area contributed by atoms with Crippen LogP contribution in [0.3, 0.4) is 0 Å². The Morgan fingerprint density at radius 2 is 1.61 bits per heavy atom. The molecule has 1 N–H and O–H groups in total. The lowest BCUT2D eigenvalue weighted by Gasteiger charge is -2.13. The monoisotopic (exact) mass is 295 g/mol. The summed E-state index contributed by atoms with van der Waals surface area (Å²) < 4.78 is 0. The van der Waals surface area contributed by atoms with Crippen LogP contribution in [-0.2, 0) is 0 Å². The zero-order valence-electron chi connectivity index (χ0n) is 11.9. The summed E-state index contributed by atoms with van der Waals surface area (Å²) >= 11 is 0. The average molecular weight is 295 g/mol. The van der Waals surface area contributed by atoms with Gasteiger partial charge in [-0.05, 0) is 22.9 Å². The molecule has 0 spiro atoms. The van der Waals surface area contributed by atoms with Crippen LogP contribution in [-0.4, -0.2) is 9.97 Å². The Labute approximate surface area is 129 Å². The van der Waals surface area contributed by atoms with E-state index in [0.717, 1.165) is 37.8 Å². The quantitative estimate of drug-likeness (QED) is 0.350. The molecular weight excluding hydrogens is 286 g/mol. The number of benzene rings is 4. The third-order valence-corrected chi connectivity index (χ3v) is 4.46. The van der Waals surface area contributed by atoms with E-state index >= 15 is 0 Å². The number of nitrogens with one attached hydrogen (secondary N) is 1. The van der Waals surface area contributed by atoms with Crippen LogP contribution in [0.5, 0.6) is 0 Å². The summed E-state index contributed by atoms with van der Waals surface area (Å²) in [6.07, 6.45) is 0. The molecule has 4 heteroatoms. The summed E-state index contributed by atoms with van der Waals surface area (Å²) in [7, 11) is 0. The van der Waals surface area contributed by atoms with Gasteiger partial charge in [0.2, 0.25) is 0 Å². The molecule has 0 atom stereocenters. The number of hydrogen-bond acceptors (Lipinski definition) is 3. The van der Waals surface area contributed by atoms with Crippen molar-refractivity contribution in [1.82, 2.24) is 9.97 Å². The molecule has 0 bridgehead atoms. The van der Waals surface area contributed by atoms with Crippen molar-refractivity contribution >= 4 is 43.4 Å². The topological polar surface area (TPSA) is 69.5 Å². The molecule has 23 heavy (non-hydrogen) atoms. The first-order chi connectivity index (χ1) is 11.3. The summed E-state index contributed by atoms with van der Waals surface area (Å²) in [5, 5.41) is 15.2. The number of aromatic amines is 1. The SMILES string of the molecule is N#Cc1ccc2c3cccc4[nH]c(=O)nc(c5cccc1c25)c43. The summed E-state index contributed by atoms with van der Waals surface area (Å²) in [5.74, 6) is 0. The number of aromatic nitrogens is 2. The maximum Gasteiger partial charge on any atom is 0.345 e. The number of fused-ring (bicyclic) bond motifs is 2. The molecule has 0 saturated carbocycles. The van der Waals surface area contributed by atoms with Gasteiger partial charge in [0, 0.05) is 21.5 Å². The molecule has 0 radical (unpaired) electrons. The zero-order valence-corrected chi connectivity index (χ0v) is 11.9. The van der Waals surface area contributed by atoms with Crippen molar-refractivity contribution in [3.63, 3.8) is 0 Å². The predicted octanol–water partition coefficient (Wildman–Crippen LogP) is 3.69. The summed E-state index contributed by atoms with van der Waals surface area (Å²) in [4.78, 5) is 19.0. The maximum atomic E-state index is 11.9. The highest BCUT2D eigenvalue weighted by molar-refractivity contribution is 6.31. The molecule has 0 unspecified atom stereocenters. The third kappa shape index (κ3) is 1.43. The highest BCUT2D eigenvalue weighted by atomic mass is 16.1. The fourth-order valence-corrected chi connectivity index (χ4v) is 3.56. The number of rotatable bonds is 0. The van der Waals surface area contributed by atoms with Crippen molar-refractivity contribution in [2.75, 3.05) is 0 Å². The van der Waals surface area contributed by atoms with Crippen molar-refractivity contribution in [2.24, 2.45) is 0 Å². The Hall–Kier alpha value is -3.45. The van der Waals surface area contributed by atoms with Gasteiger partial charge in [0.05, 0.1) is 22.7 Å². The standard InChI is InChI=1S/C19H9N3O/c20-9-10-7-8-13-12-4-2-6-15-17(12)18(22-19(23)21-15)14-5-1-3-11(10)16(13)14/h1-8H,(H,21,22,23). The van der Waals surface area contributed by atoms with Crippen molar-refractivity contribution in [3.05, 3.63) is 64.6 Å². The number of hydrogen-bond donors (Lipinski definition) is 1. The second-order valence-electron chi connectivity index (χ2n) is 5.62. The van der Waals surface area contributed by atoms with Crippen LogP contribution in [0.25, 0.3) is 43.4 Å². The number of nitrogens with zero attached hydrogens (tertiary/aromatic N) is 2. The van der Waals surface area contributed by atoms with Crippen molar-refractivity contribution in [3.8, 4) is 6.07 Å². The van der Waals surface area contributed by atoms with E-state index in [4.69, 9.17) is 0 Å². The van der Waals surface area contributed by atoms with Crippen molar-refractivity contribution < 1.29 is 0 Å². The fourth-order valence-electron chi connectivity index (χ4n) is 3.56. The molecule has 5 aromatic rings. The molecule has 1 aromatic heterocycles. The van der Waals surface area contributed by atoms with Gasteiger partial charge in [-0.1, -0.05) is 36.4 Å². The lowest BCUT2D eigenvalue weighted by atomic mass is 9.91. The van der Waals surface area contributed by atoms with Gasteiger partial charge >= 0.3 is 5.69 Å². The first-order valence-corrected chi connectivity index (χ1v) is 7.27. The van der Waals surface area contributed by atoms with E-state index in [9.17, 15) is 10.1 Å². The van der Waals surface area contributed by atoms with Crippen LogP contribution >= 0.6 is 0 Å². The van der Waals surface area contributed by atoms with Crippen LogP contribution in [0.1, 0.15) is 5.56 Å². The Balaban J connectivity index is 2.28. The Morgan fingerprint density at radius 3 is 2.48 bits per heavy atom. The zero-order chi connectivity index (χ0) is 15.6. The number of H-pyrrole nitrogens is 1. The maximum absolute atomic E-state index is 11.9. The molecule has 0 saturated heterocycles. The van der Waals surface area contributed by atoms with Crippen LogP contribution in [0.2, 0.25) is 0 Å². The lowest BCUT2D eigenvalue weighted by molar-refractivity contribution is 1.16.